The fraction of sp³-hybridized carbons (Fsp3) is 0.692. The van der Waals surface area contributed by atoms with Crippen LogP contribution < -0.4 is 5.32 Å². The first-order chi connectivity index (χ1) is 8.50. The number of carbonyl (C=O) groups is 1. The molecular weight excluding hydrogens is 230 g/mol. The minimum atomic E-state index is -0.790. The molecule has 0 spiro atoms. The van der Waals surface area contributed by atoms with E-state index in [2.05, 4.69) is 10.4 Å². The van der Waals surface area contributed by atoms with Crippen molar-refractivity contribution in [3.05, 3.63) is 18.0 Å². The number of rotatable bonds is 7. The largest absolute Gasteiger partial charge is 0.388 e. The maximum Gasteiger partial charge on any atom is 0.254 e. The van der Waals surface area contributed by atoms with E-state index in [-0.39, 0.29) is 5.91 Å². The van der Waals surface area contributed by atoms with Gasteiger partial charge in [0.05, 0.1) is 17.4 Å². The smallest absolute Gasteiger partial charge is 0.254 e. The lowest BCUT2D eigenvalue weighted by Crippen LogP contribution is -2.42. The van der Waals surface area contributed by atoms with Gasteiger partial charge in [-0.15, -0.1) is 0 Å². The summed E-state index contributed by atoms with van der Waals surface area (Å²) in [5.74, 6) is -0.186. The summed E-state index contributed by atoms with van der Waals surface area (Å²) in [5, 5.41) is 17.1. The maximum atomic E-state index is 11.8. The number of aromatic nitrogens is 2. The van der Waals surface area contributed by atoms with Gasteiger partial charge in [-0.1, -0.05) is 26.7 Å². The predicted octanol–water partition coefficient (Wildman–Crippen LogP) is 1.48. The van der Waals surface area contributed by atoms with Crippen LogP contribution in [0.25, 0.3) is 0 Å². The summed E-state index contributed by atoms with van der Waals surface area (Å²) in [5.41, 5.74) is -0.269. The summed E-state index contributed by atoms with van der Waals surface area (Å²) in [4.78, 5) is 11.8. The Morgan fingerprint density at radius 2 is 2.06 bits per heavy atom. The van der Waals surface area contributed by atoms with Gasteiger partial charge in [-0.05, 0) is 12.8 Å². The standard InChI is InChI=1S/C13H23N3O2/c1-4-6-13(18,7-5-2)10-14-12(17)11-8-15-16(3)9-11/h8-9,18H,4-7,10H2,1-3H3,(H,14,17). The number of hydrogen-bond acceptors (Lipinski definition) is 3. The number of nitrogens with one attached hydrogen (secondary N) is 1. The van der Waals surface area contributed by atoms with Gasteiger partial charge in [0.15, 0.2) is 0 Å². The Labute approximate surface area is 108 Å². The molecule has 0 aliphatic carbocycles. The van der Waals surface area contributed by atoms with Crippen LogP contribution in [0.3, 0.4) is 0 Å². The van der Waals surface area contributed by atoms with E-state index < -0.39 is 5.60 Å². The van der Waals surface area contributed by atoms with E-state index >= 15 is 0 Å². The zero-order valence-corrected chi connectivity index (χ0v) is 11.4. The number of nitrogens with zero attached hydrogens (tertiary/aromatic N) is 2. The predicted molar refractivity (Wildman–Crippen MR) is 70.3 cm³/mol. The minimum Gasteiger partial charge on any atom is -0.388 e. The van der Waals surface area contributed by atoms with E-state index in [9.17, 15) is 9.90 Å². The first kappa shape index (κ1) is 14.7. The average Bonchev–Trinajstić information content (AvgIpc) is 2.74. The molecule has 0 saturated carbocycles. The molecule has 1 aromatic rings. The van der Waals surface area contributed by atoms with Crippen molar-refractivity contribution < 1.29 is 9.90 Å². The highest BCUT2D eigenvalue weighted by Gasteiger charge is 2.25. The Hall–Kier alpha value is -1.36. The minimum absolute atomic E-state index is 0.186. The third kappa shape index (κ3) is 4.14. The molecule has 0 aliphatic heterocycles. The zero-order chi connectivity index (χ0) is 13.6. The van der Waals surface area contributed by atoms with E-state index in [1.54, 1.807) is 17.9 Å². The van der Waals surface area contributed by atoms with Gasteiger partial charge in [-0.25, -0.2) is 0 Å². The molecule has 0 aromatic carbocycles. The number of aryl methyl sites for hydroxylation is 1. The van der Waals surface area contributed by atoms with Crippen molar-refractivity contribution in [3.8, 4) is 0 Å². The zero-order valence-electron chi connectivity index (χ0n) is 11.4. The van der Waals surface area contributed by atoms with E-state index in [0.29, 0.717) is 24.9 Å². The van der Waals surface area contributed by atoms with Crippen LogP contribution in [-0.2, 0) is 7.05 Å². The molecule has 0 saturated heterocycles. The second-order valence-electron chi connectivity index (χ2n) is 4.81. The van der Waals surface area contributed by atoms with Crippen LogP contribution >= 0.6 is 0 Å². The van der Waals surface area contributed by atoms with Crippen LogP contribution in [0.2, 0.25) is 0 Å². The van der Waals surface area contributed by atoms with Gasteiger partial charge in [0.25, 0.3) is 5.91 Å². The summed E-state index contributed by atoms with van der Waals surface area (Å²) >= 11 is 0. The summed E-state index contributed by atoms with van der Waals surface area (Å²) in [6, 6.07) is 0. The van der Waals surface area contributed by atoms with Crippen molar-refractivity contribution >= 4 is 5.91 Å². The van der Waals surface area contributed by atoms with Crippen molar-refractivity contribution in [2.45, 2.75) is 45.1 Å². The summed E-state index contributed by atoms with van der Waals surface area (Å²) < 4.78 is 1.58. The quantitative estimate of drug-likeness (QED) is 0.773. The van der Waals surface area contributed by atoms with Gasteiger partial charge in [0.1, 0.15) is 0 Å². The molecule has 0 atom stereocenters. The number of hydrogen-bond donors (Lipinski definition) is 2. The molecule has 2 N–H and O–H groups in total. The van der Waals surface area contributed by atoms with Crippen molar-refractivity contribution in [2.24, 2.45) is 7.05 Å². The SMILES string of the molecule is CCCC(O)(CCC)CNC(=O)c1cnn(C)c1. The number of carbonyl (C=O) groups excluding carboxylic acids is 1. The highest BCUT2D eigenvalue weighted by Crippen LogP contribution is 2.18. The molecule has 0 unspecified atom stereocenters. The lowest BCUT2D eigenvalue weighted by atomic mass is 9.92. The normalized spacial score (nSPS) is 11.6. The molecule has 18 heavy (non-hydrogen) atoms. The van der Waals surface area contributed by atoms with Crippen molar-refractivity contribution in [2.75, 3.05) is 6.54 Å². The summed E-state index contributed by atoms with van der Waals surface area (Å²) in [6.45, 7) is 4.36. The fourth-order valence-corrected chi connectivity index (χ4v) is 2.12. The van der Waals surface area contributed by atoms with Crippen LogP contribution in [-0.4, -0.2) is 32.9 Å². The van der Waals surface area contributed by atoms with E-state index in [0.717, 1.165) is 12.8 Å². The van der Waals surface area contributed by atoms with E-state index in [1.165, 1.54) is 6.20 Å². The second kappa shape index (κ2) is 6.54. The lowest BCUT2D eigenvalue weighted by molar-refractivity contribution is 0.0213. The Bertz CT molecular complexity index is 381. The van der Waals surface area contributed by atoms with Crippen LogP contribution in [0.5, 0.6) is 0 Å². The number of amides is 1. The van der Waals surface area contributed by atoms with Crippen molar-refractivity contribution in [3.63, 3.8) is 0 Å². The average molecular weight is 253 g/mol. The molecule has 0 radical (unpaired) electrons. The Morgan fingerprint density at radius 1 is 1.44 bits per heavy atom. The molecule has 0 fully saturated rings. The van der Waals surface area contributed by atoms with Crippen LogP contribution in [0.15, 0.2) is 12.4 Å². The van der Waals surface area contributed by atoms with Gasteiger partial charge in [-0.3, -0.25) is 9.48 Å². The van der Waals surface area contributed by atoms with Gasteiger partial charge in [0, 0.05) is 19.8 Å². The number of aliphatic hydroxyl groups is 1. The first-order valence-electron chi connectivity index (χ1n) is 6.50. The summed E-state index contributed by atoms with van der Waals surface area (Å²) in [7, 11) is 1.77. The van der Waals surface area contributed by atoms with E-state index in [1.807, 2.05) is 13.8 Å². The molecular formula is C13H23N3O2. The molecule has 5 heteroatoms. The Balaban J connectivity index is 2.54. The second-order valence-corrected chi connectivity index (χ2v) is 4.81. The molecule has 1 amide bonds. The third-order valence-corrected chi connectivity index (χ3v) is 2.98. The Kier molecular flexibility index (Phi) is 5.34. The third-order valence-electron chi connectivity index (χ3n) is 2.98. The summed E-state index contributed by atoms with van der Waals surface area (Å²) in [6.07, 6.45) is 6.39. The molecule has 0 bridgehead atoms. The van der Waals surface area contributed by atoms with E-state index in [4.69, 9.17) is 0 Å². The molecule has 5 nitrogen and oxygen atoms in total. The molecule has 1 heterocycles. The van der Waals surface area contributed by atoms with Crippen LogP contribution in [0.1, 0.15) is 49.9 Å². The molecule has 1 rings (SSSR count). The van der Waals surface area contributed by atoms with Crippen molar-refractivity contribution in [1.82, 2.24) is 15.1 Å². The van der Waals surface area contributed by atoms with Gasteiger partial charge >= 0.3 is 0 Å². The fourth-order valence-electron chi connectivity index (χ4n) is 2.12. The maximum absolute atomic E-state index is 11.8. The highest BCUT2D eigenvalue weighted by atomic mass is 16.3. The van der Waals surface area contributed by atoms with Crippen LogP contribution in [0, 0.1) is 0 Å². The first-order valence-corrected chi connectivity index (χ1v) is 6.50. The van der Waals surface area contributed by atoms with Gasteiger partial charge in [-0.2, -0.15) is 5.10 Å². The van der Waals surface area contributed by atoms with Gasteiger partial charge < -0.3 is 10.4 Å². The topological polar surface area (TPSA) is 67.2 Å². The molecule has 1 aromatic heterocycles. The highest BCUT2D eigenvalue weighted by molar-refractivity contribution is 5.93. The van der Waals surface area contributed by atoms with Crippen LogP contribution in [0.4, 0.5) is 0 Å². The Morgan fingerprint density at radius 3 is 2.50 bits per heavy atom. The van der Waals surface area contributed by atoms with Gasteiger partial charge in [0.2, 0.25) is 0 Å². The molecule has 0 aliphatic rings. The van der Waals surface area contributed by atoms with Crippen molar-refractivity contribution in [1.29, 1.82) is 0 Å². The lowest BCUT2D eigenvalue weighted by Gasteiger charge is -2.27. The monoisotopic (exact) mass is 253 g/mol. The molecule has 102 valence electrons.